The zero-order chi connectivity index (χ0) is 16.6. The maximum Gasteiger partial charge on any atom is 0.402 e. The Kier molecular flexibility index (Phi) is 4.83. The highest BCUT2D eigenvalue weighted by Gasteiger charge is 2.40. The van der Waals surface area contributed by atoms with Gasteiger partial charge >= 0.3 is 6.18 Å². The Morgan fingerprint density at radius 2 is 1.76 bits per heavy atom. The first-order chi connectivity index (χ1) is 9.36. The van der Waals surface area contributed by atoms with Crippen LogP contribution in [0.2, 0.25) is 0 Å². The van der Waals surface area contributed by atoms with Gasteiger partial charge < -0.3 is 5.73 Å². The van der Waals surface area contributed by atoms with E-state index in [1.807, 2.05) is 0 Å². The van der Waals surface area contributed by atoms with Crippen LogP contribution in [0, 0.1) is 11.6 Å². The van der Waals surface area contributed by atoms with E-state index in [2.05, 4.69) is 0 Å². The van der Waals surface area contributed by atoms with E-state index in [1.54, 1.807) is 0 Å². The van der Waals surface area contributed by atoms with Gasteiger partial charge in [0.15, 0.2) is 11.6 Å². The number of nitrogens with two attached hydrogens (primary N) is 1. The molecule has 0 aromatic heterocycles. The average molecular weight is 332 g/mol. The van der Waals surface area contributed by atoms with Crippen LogP contribution in [0.3, 0.4) is 0 Å². The van der Waals surface area contributed by atoms with Crippen molar-refractivity contribution in [1.82, 2.24) is 4.31 Å². The number of hydrogen-bond acceptors (Lipinski definition) is 3. The number of halogens is 5. The molecule has 0 spiro atoms. The van der Waals surface area contributed by atoms with Gasteiger partial charge in [0.1, 0.15) is 11.4 Å². The monoisotopic (exact) mass is 332 g/mol. The van der Waals surface area contributed by atoms with Crippen LogP contribution in [0.5, 0.6) is 0 Å². The predicted octanol–water partition coefficient (Wildman–Crippen LogP) is 2.51. The van der Waals surface area contributed by atoms with Crippen LogP contribution in [0.25, 0.3) is 0 Å². The second-order valence-electron chi connectivity index (χ2n) is 4.57. The molecule has 0 aliphatic rings. The molecule has 0 amide bonds. The van der Waals surface area contributed by atoms with Crippen LogP contribution >= 0.6 is 0 Å². The fraction of sp³-hybridized carbons (Fsp3) is 0.455. The summed E-state index contributed by atoms with van der Waals surface area (Å²) in [5.74, 6) is -3.32. The molecule has 0 fully saturated rings. The standard InChI is InChI=1S/C11H13F5N2O2S/c1-6(2)18(5-11(14,15)16)21(19,20)9-4-7(17)3-8(12)10(9)13/h3-4,6H,5,17H2,1-2H3. The molecule has 1 rings (SSSR count). The Hall–Kier alpha value is -1.42. The van der Waals surface area contributed by atoms with Crippen molar-refractivity contribution in [2.75, 3.05) is 12.3 Å². The highest BCUT2D eigenvalue weighted by atomic mass is 32.2. The molecule has 0 bridgehead atoms. The van der Waals surface area contributed by atoms with E-state index in [0.29, 0.717) is 12.1 Å². The molecule has 0 heterocycles. The number of alkyl halides is 3. The molecule has 2 N–H and O–H groups in total. The van der Waals surface area contributed by atoms with Crippen molar-refractivity contribution < 1.29 is 30.4 Å². The van der Waals surface area contributed by atoms with Crippen LogP contribution in [-0.4, -0.2) is 31.5 Å². The number of hydrogen-bond donors (Lipinski definition) is 1. The summed E-state index contributed by atoms with van der Waals surface area (Å²) in [4.78, 5) is -1.22. The quantitative estimate of drug-likeness (QED) is 0.681. The smallest absolute Gasteiger partial charge is 0.399 e. The van der Waals surface area contributed by atoms with Crippen LogP contribution in [-0.2, 0) is 10.0 Å². The minimum atomic E-state index is -4.89. The normalized spacial score (nSPS) is 13.2. The van der Waals surface area contributed by atoms with Gasteiger partial charge in [0.2, 0.25) is 10.0 Å². The maximum absolute atomic E-state index is 13.6. The summed E-state index contributed by atoms with van der Waals surface area (Å²) in [7, 11) is -4.89. The largest absolute Gasteiger partial charge is 0.402 e. The van der Waals surface area contributed by atoms with Crippen molar-refractivity contribution in [3.63, 3.8) is 0 Å². The lowest BCUT2D eigenvalue weighted by molar-refractivity contribution is -0.138. The topological polar surface area (TPSA) is 63.4 Å². The van der Waals surface area contributed by atoms with Crippen molar-refractivity contribution >= 4 is 15.7 Å². The van der Waals surface area contributed by atoms with Gasteiger partial charge in [0.25, 0.3) is 0 Å². The van der Waals surface area contributed by atoms with Crippen molar-refractivity contribution in [3.05, 3.63) is 23.8 Å². The SMILES string of the molecule is CC(C)N(CC(F)(F)F)S(=O)(=O)c1cc(N)cc(F)c1F. The molecule has 0 radical (unpaired) electrons. The molecular formula is C11H13F5N2O2S. The molecule has 120 valence electrons. The average Bonchev–Trinajstić information content (AvgIpc) is 2.29. The minimum Gasteiger partial charge on any atom is -0.399 e. The Bertz CT molecular complexity index is 628. The third-order valence-corrected chi connectivity index (χ3v) is 4.54. The number of anilines is 1. The van der Waals surface area contributed by atoms with E-state index in [0.717, 1.165) is 0 Å². The number of nitrogens with zero attached hydrogens (tertiary/aromatic N) is 1. The summed E-state index contributed by atoms with van der Waals surface area (Å²) in [6, 6.07) is 0.0117. The van der Waals surface area contributed by atoms with Crippen LogP contribution < -0.4 is 5.73 Å². The van der Waals surface area contributed by atoms with Gasteiger partial charge in [-0.05, 0) is 26.0 Å². The van der Waals surface area contributed by atoms with E-state index < -0.39 is 51.0 Å². The van der Waals surface area contributed by atoms with E-state index in [1.165, 1.54) is 13.8 Å². The van der Waals surface area contributed by atoms with Crippen molar-refractivity contribution in [2.24, 2.45) is 0 Å². The Morgan fingerprint density at radius 3 is 2.19 bits per heavy atom. The molecule has 1 aromatic rings. The lowest BCUT2D eigenvalue weighted by Crippen LogP contribution is -2.43. The third kappa shape index (κ3) is 4.03. The highest BCUT2D eigenvalue weighted by molar-refractivity contribution is 7.89. The molecule has 0 aliphatic carbocycles. The van der Waals surface area contributed by atoms with Gasteiger partial charge in [0.05, 0.1) is 0 Å². The molecule has 0 atom stereocenters. The zero-order valence-corrected chi connectivity index (χ0v) is 11.9. The summed E-state index contributed by atoms with van der Waals surface area (Å²) in [6.07, 6.45) is -4.83. The van der Waals surface area contributed by atoms with E-state index in [4.69, 9.17) is 5.73 Å². The molecule has 21 heavy (non-hydrogen) atoms. The van der Waals surface area contributed by atoms with E-state index in [9.17, 15) is 30.4 Å². The molecule has 10 heteroatoms. The van der Waals surface area contributed by atoms with Gasteiger partial charge in [-0.15, -0.1) is 0 Å². The number of benzene rings is 1. The minimum absolute atomic E-state index is 0.0320. The zero-order valence-electron chi connectivity index (χ0n) is 11.1. The van der Waals surface area contributed by atoms with Crippen LogP contribution in [0.15, 0.2) is 17.0 Å². The summed E-state index contributed by atoms with van der Waals surface area (Å²) < 4.78 is 88.6. The van der Waals surface area contributed by atoms with Crippen LogP contribution in [0.4, 0.5) is 27.6 Å². The third-order valence-electron chi connectivity index (χ3n) is 2.51. The summed E-state index contributed by atoms with van der Waals surface area (Å²) in [5.41, 5.74) is 4.80. The maximum atomic E-state index is 13.6. The summed E-state index contributed by atoms with van der Waals surface area (Å²) in [6.45, 7) is 0.552. The molecule has 0 aliphatic heterocycles. The van der Waals surface area contributed by atoms with E-state index >= 15 is 0 Å². The number of rotatable bonds is 4. The van der Waals surface area contributed by atoms with Crippen molar-refractivity contribution in [2.45, 2.75) is 31.0 Å². The van der Waals surface area contributed by atoms with Gasteiger partial charge in [-0.25, -0.2) is 17.2 Å². The number of nitrogen functional groups attached to an aromatic ring is 1. The van der Waals surface area contributed by atoms with Gasteiger partial charge in [0, 0.05) is 11.7 Å². The summed E-state index contributed by atoms with van der Waals surface area (Å²) in [5, 5.41) is 0. The first-order valence-corrected chi connectivity index (χ1v) is 7.13. The van der Waals surface area contributed by atoms with Crippen molar-refractivity contribution in [3.8, 4) is 0 Å². The van der Waals surface area contributed by atoms with Gasteiger partial charge in [-0.1, -0.05) is 0 Å². The Morgan fingerprint density at radius 1 is 1.24 bits per heavy atom. The summed E-state index contributed by atoms with van der Waals surface area (Å²) >= 11 is 0. The molecule has 1 aromatic carbocycles. The van der Waals surface area contributed by atoms with Crippen LogP contribution in [0.1, 0.15) is 13.8 Å². The number of sulfonamides is 1. The fourth-order valence-corrected chi connectivity index (χ4v) is 3.35. The van der Waals surface area contributed by atoms with E-state index in [-0.39, 0.29) is 4.31 Å². The van der Waals surface area contributed by atoms with Gasteiger partial charge in [-0.2, -0.15) is 17.5 Å². The Balaban J connectivity index is 3.44. The molecule has 0 saturated heterocycles. The van der Waals surface area contributed by atoms with Gasteiger partial charge in [-0.3, -0.25) is 0 Å². The molecular weight excluding hydrogens is 319 g/mol. The lowest BCUT2D eigenvalue weighted by atomic mass is 10.3. The first-order valence-electron chi connectivity index (χ1n) is 5.69. The molecule has 0 saturated carbocycles. The van der Waals surface area contributed by atoms with Crippen molar-refractivity contribution in [1.29, 1.82) is 0 Å². The first kappa shape index (κ1) is 17.6. The molecule has 0 unspecified atom stereocenters. The lowest BCUT2D eigenvalue weighted by Gasteiger charge is -2.27. The Labute approximate surface area is 118 Å². The second kappa shape index (κ2) is 5.76. The fourth-order valence-electron chi connectivity index (χ4n) is 1.62. The predicted molar refractivity (Wildman–Crippen MR) is 65.9 cm³/mol. The molecule has 4 nitrogen and oxygen atoms in total. The highest BCUT2D eigenvalue weighted by Crippen LogP contribution is 2.28. The second-order valence-corrected chi connectivity index (χ2v) is 6.43.